The lowest BCUT2D eigenvalue weighted by Gasteiger charge is -2.55. The van der Waals surface area contributed by atoms with Gasteiger partial charge in [-0.15, -0.1) is 0 Å². The molecule has 4 rings (SSSR count). The van der Waals surface area contributed by atoms with Crippen LogP contribution in [0.1, 0.15) is 38.5 Å². The molecule has 12 heavy (non-hydrogen) atoms. The third-order valence-corrected chi connectivity index (χ3v) is 4.09. The van der Waals surface area contributed by atoms with Gasteiger partial charge in [0.1, 0.15) is 0 Å². The van der Waals surface area contributed by atoms with Gasteiger partial charge in [0.05, 0.1) is 0 Å². The van der Waals surface area contributed by atoms with Gasteiger partial charge in [-0.2, -0.15) is 0 Å². The smallest absolute Gasteiger partial charge is 0.0162 e. The fourth-order valence-electron chi connectivity index (χ4n) is 4.18. The van der Waals surface area contributed by atoms with E-state index in [1.165, 1.54) is 38.5 Å². The Hall–Kier alpha value is -0.0800. The van der Waals surface area contributed by atoms with Crippen molar-refractivity contribution in [3.63, 3.8) is 0 Å². The predicted molar refractivity (Wildman–Crippen MR) is 50.1 cm³/mol. The van der Waals surface area contributed by atoms with Crippen LogP contribution in [0.5, 0.6) is 0 Å². The summed E-state index contributed by atoms with van der Waals surface area (Å²) in [5.74, 6) is 3.06. The van der Waals surface area contributed by atoms with Gasteiger partial charge in [0, 0.05) is 5.54 Å². The Kier molecular flexibility index (Phi) is 1.74. The Morgan fingerprint density at radius 1 is 0.833 bits per heavy atom. The van der Waals surface area contributed by atoms with Crippen molar-refractivity contribution in [2.45, 2.75) is 44.1 Å². The SMILES string of the molecule is N.NC12CC3CC(CC(C3)C1)C2. The molecule has 0 aromatic heterocycles. The van der Waals surface area contributed by atoms with Crippen molar-refractivity contribution in [2.24, 2.45) is 23.5 Å². The van der Waals surface area contributed by atoms with Crippen LogP contribution in [0.4, 0.5) is 0 Å². The molecule has 4 bridgehead atoms. The van der Waals surface area contributed by atoms with E-state index in [0.29, 0.717) is 5.54 Å². The van der Waals surface area contributed by atoms with Crippen LogP contribution in [-0.2, 0) is 0 Å². The Balaban J connectivity index is 0.000000563. The van der Waals surface area contributed by atoms with Gasteiger partial charge in [-0.05, 0) is 56.3 Å². The van der Waals surface area contributed by atoms with Crippen molar-refractivity contribution in [1.29, 1.82) is 0 Å². The maximum atomic E-state index is 6.32. The molecule has 4 aliphatic carbocycles. The molecule has 2 heteroatoms. The van der Waals surface area contributed by atoms with Crippen molar-refractivity contribution >= 4 is 0 Å². The van der Waals surface area contributed by atoms with Crippen LogP contribution in [0.3, 0.4) is 0 Å². The average Bonchev–Trinajstić information content (AvgIpc) is 1.79. The second-order valence-corrected chi connectivity index (χ2v) is 5.28. The highest BCUT2D eigenvalue weighted by Gasteiger charge is 2.48. The van der Waals surface area contributed by atoms with E-state index in [4.69, 9.17) is 5.73 Å². The molecule has 0 aromatic carbocycles. The molecule has 4 saturated carbocycles. The highest BCUT2D eigenvalue weighted by Crippen LogP contribution is 2.54. The second-order valence-electron chi connectivity index (χ2n) is 5.28. The fourth-order valence-corrected chi connectivity index (χ4v) is 4.18. The third kappa shape index (κ3) is 1.09. The first-order chi connectivity index (χ1) is 5.23. The predicted octanol–water partition coefficient (Wildman–Crippen LogP) is 2.08. The second kappa shape index (κ2) is 2.46. The molecular weight excluding hydrogens is 148 g/mol. The van der Waals surface area contributed by atoms with Crippen molar-refractivity contribution in [3.05, 3.63) is 0 Å². The van der Waals surface area contributed by atoms with Crippen LogP contribution >= 0.6 is 0 Å². The van der Waals surface area contributed by atoms with Gasteiger partial charge in [0.25, 0.3) is 0 Å². The Morgan fingerprint density at radius 2 is 1.17 bits per heavy atom. The standard InChI is InChI=1S/C10H17N.H3N/c11-10-4-7-1-8(5-10)3-9(2-7)6-10;/h7-9H,1-6,11H2;1H3. The minimum absolute atomic E-state index is 0. The van der Waals surface area contributed by atoms with Crippen molar-refractivity contribution in [3.8, 4) is 0 Å². The Labute approximate surface area is 74.5 Å². The van der Waals surface area contributed by atoms with Gasteiger partial charge >= 0.3 is 0 Å². The first-order valence-corrected chi connectivity index (χ1v) is 5.02. The monoisotopic (exact) mass is 168 g/mol. The van der Waals surface area contributed by atoms with Gasteiger partial charge in [0.2, 0.25) is 0 Å². The number of nitrogens with two attached hydrogens (primary N) is 1. The number of hydrogen-bond acceptors (Lipinski definition) is 2. The van der Waals surface area contributed by atoms with Gasteiger partial charge in [-0.25, -0.2) is 0 Å². The van der Waals surface area contributed by atoms with E-state index in [1.54, 1.807) is 0 Å². The highest BCUT2D eigenvalue weighted by molar-refractivity contribution is 5.04. The summed E-state index contributed by atoms with van der Waals surface area (Å²) in [6.07, 6.45) is 8.57. The summed E-state index contributed by atoms with van der Waals surface area (Å²) >= 11 is 0. The van der Waals surface area contributed by atoms with Crippen molar-refractivity contribution in [1.82, 2.24) is 6.15 Å². The van der Waals surface area contributed by atoms with Gasteiger partial charge in [0.15, 0.2) is 0 Å². The van der Waals surface area contributed by atoms with Crippen LogP contribution in [-0.4, -0.2) is 5.54 Å². The molecule has 0 atom stereocenters. The van der Waals surface area contributed by atoms with Gasteiger partial charge in [-0.3, -0.25) is 0 Å². The third-order valence-electron chi connectivity index (χ3n) is 4.09. The summed E-state index contributed by atoms with van der Waals surface area (Å²) in [6, 6.07) is 0. The molecule has 4 fully saturated rings. The summed E-state index contributed by atoms with van der Waals surface area (Å²) in [5, 5.41) is 0. The summed E-state index contributed by atoms with van der Waals surface area (Å²) in [7, 11) is 0. The summed E-state index contributed by atoms with van der Waals surface area (Å²) in [6.45, 7) is 0. The average molecular weight is 168 g/mol. The fraction of sp³-hybridized carbons (Fsp3) is 1.00. The van der Waals surface area contributed by atoms with Crippen LogP contribution < -0.4 is 11.9 Å². The topological polar surface area (TPSA) is 61.0 Å². The minimum Gasteiger partial charge on any atom is -0.344 e. The Morgan fingerprint density at radius 3 is 1.42 bits per heavy atom. The zero-order valence-corrected chi connectivity index (χ0v) is 7.76. The van der Waals surface area contributed by atoms with E-state index < -0.39 is 0 Å². The summed E-state index contributed by atoms with van der Waals surface area (Å²) in [4.78, 5) is 0. The zero-order chi connectivity index (χ0) is 7.47. The molecular formula is C10H20N2. The van der Waals surface area contributed by atoms with Gasteiger partial charge in [-0.1, -0.05) is 0 Å². The highest BCUT2D eigenvalue weighted by atomic mass is 14.8. The molecule has 2 nitrogen and oxygen atoms in total. The molecule has 0 aliphatic heterocycles. The van der Waals surface area contributed by atoms with Crippen LogP contribution in [0.2, 0.25) is 0 Å². The van der Waals surface area contributed by atoms with E-state index in [-0.39, 0.29) is 6.15 Å². The lowest BCUT2D eigenvalue weighted by molar-refractivity contribution is 0.000365. The molecule has 0 spiro atoms. The van der Waals surface area contributed by atoms with E-state index in [0.717, 1.165) is 17.8 Å². The summed E-state index contributed by atoms with van der Waals surface area (Å²) < 4.78 is 0. The maximum Gasteiger partial charge on any atom is 0.0162 e. The molecule has 0 saturated heterocycles. The van der Waals surface area contributed by atoms with E-state index >= 15 is 0 Å². The first kappa shape index (κ1) is 8.52. The lowest BCUT2D eigenvalue weighted by atomic mass is 9.53. The van der Waals surface area contributed by atoms with E-state index in [9.17, 15) is 0 Å². The van der Waals surface area contributed by atoms with Crippen molar-refractivity contribution < 1.29 is 0 Å². The molecule has 0 heterocycles. The summed E-state index contributed by atoms with van der Waals surface area (Å²) in [5.41, 5.74) is 6.62. The minimum atomic E-state index is 0. The lowest BCUT2D eigenvalue weighted by Crippen LogP contribution is -2.55. The molecule has 4 aliphatic rings. The number of rotatable bonds is 0. The zero-order valence-electron chi connectivity index (χ0n) is 7.76. The first-order valence-electron chi connectivity index (χ1n) is 5.02. The van der Waals surface area contributed by atoms with Crippen molar-refractivity contribution in [2.75, 3.05) is 0 Å². The number of hydrogen-bond donors (Lipinski definition) is 2. The molecule has 70 valence electrons. The molecule has 0 radical (unpaired) electrons. The maximum absolute atomic E-state index is 6.32. The molecule has 0 aromatic rings. The van der Waals surface area contributed by atoms with E-state index in [2.05, 4.69) is 0 Å². The van der Waals surface area contributed by atoms with Gasteiger partial charge < -0.3 is 11.9 Å². The largest absolute Gasteiger partial charge is 0.344 e. The van der Waals surface area contributed by atoms with Crippen LogP contribution in [0, 0.1) is 17.8 Å². The quantitative estimate of drug-likeness (QED) is 0.581. The Bertz CT molecular complexity index is 153. The van der Waals surface area contributed by atoms with Crippen LogP contribution in [0.25, 0.3) is 0 Å². The van der Waals surface area contributed by atoms with Crippen LogP contribution in [0.15, 0.2) is 0 Å². The molecule has 5 N–H and O–H groups in total. The molecule has 0 amide bonds. The van der Waals surface area contributed by atoms with E-state index in [1.807, 2.05) is 0 Å². The molecule has 0 unspecified atom stereocenters. The normalized spacial score (nSPS) is 55.2.